The number of carbonyl (C=O) groups is 1. The van der Waals surface area contributed by atoms with Crippen molar-refractivity contribution in [3.63, 3.8) is 0 Å². The van der Waals surface area contributed by atoms with Gasteiger partial charge < -0.3 is 9.84 Å². The Bertz CT molecular complexity index is 150. The zero-order valence-electron chi connectivity index (χ0n) is 5.62. The molecule has 1 N–H and O–H groups in total. The lowest BCUT2D eigenvalue weighted by molar-refractivity contribution is -0.141. The highest BCUT2D eigenvalue weighted by atomic mass is 16.6. The molecule has 1 saturated heterocycles. The van der Waals surface area contributed by atoms with Crippen molar-refractivity contribution in [2.45, 2.75) is 31.5 Å². The summed E-state index contributed by atoms with van der Waals surface area (Å²) in [7, 11) is 0. The maximum absolute atomic E-state index is 10.7. The molecule has 0 bridgehead atoms. The summed E-state index contributed by atoms with van der Waals surface area (Å²) in [6.07, 6.45) is 1.71. The summed E-state index contributed by atoms with van der Waals surface area (Å²) >= 11 is 0. The van der Waals surface area contributed by atoms with Gasteiger partial charge in [-0.25, -0.2) is 0 Å². The monoisotopic (exact) mass is 142 g/mol. The van der Waals surface area contributed by atoms with E-state index in [9.17, 15) is 4.79 Å². The standard InChI is InChI=1S/C7H10O3/c8-5-1-4-2-7(9)10-6(4)3-5/h4-6,8H,1-3H2/t4-,5-,6-/m0/s1. The van der Waals surface area contributed by atoms with Crippen LogP contribution in [0.15, 0.2) is 0 Å². The van der Waals surface area contributed by atoms with Crippen LogP contribution in [0.4, 0.5) is 0 Å². The number of esters is 1. The van der Waals surface area contributed by atoms with Gasteiger partial charge in [-0.05, 0) is 6.42 Å². The molecule has 3 nitrogen and oxygen atoms in total. The molecule has 1 heterocycles. The van der Waals surface area contributed by atoms with Crippen molar-refractivity contribution in [2.75, 3.05) is 0 Å². The van der Waals surface area contributed by atoms with E-state index < -0.39 is 0 Å². The number of carbonyl (C=O) groups excluding carboxylic acids is 1. The van der Waals surface area contributed by atoms with Crippen LogP contribution in [0.1, 0.15) is 19.3 Å². The van der Waals surface area contributed by atoms with Gasteiger partial charge >= 0.3 is 5.97 Å². The first-order valence-electron chi connectivity index (χ1n) is 3.63. The molecular formula is C7H10O3. The van der Waals surface area contributed by atoms with Crippen molar-refractivity contribution in [2.24, 2.45) is 5.92 Å². The van der Waals surface area contributed by atoms with E-state index in [4.69, 9.17) is 9.84 Å². The highest BCUT2D eigenvalue weighted by Gasteiger charge is 2.42. The van der Waals surface area contributed by atoms with Gasteiger partial charge in [0.15, 0.2) is 0 Å². The molecule has 0 spiro atoms. The van der Waals surface area contributed by atoms with Crippen molar-refractivity contribution in [3.8, 4) is 0 Å². The van der Waals surface area contributed by atoms with E-state index in [0.29, 0.717) is 18.8 Å². The Morgan fingerprint density at radius 2 is 2.30 bits per heavy atom. The van der Waals surface area contributed by atoms with Crippen molar-refractivity contribution in [1.82, 2.24) is 0 Å². The first-order chi connectivity index (χ1) is 4.75. The van der Waals surface area contributed by atoms with E-state index in [0.717, 1.165) is 6.42 Å². The van der Waals surface area contributed by atoms with Gasteiger partial charge in [-0.15, -0.1) is 0 Å². The third kappa shape index (κ3) is 0.814. The maximum atomic E-state index is 10.7. The zero-order valence-corrected chi connectivity index (χ0v) is 5.62. The first kappa shape index (κ1) is 6.16. The second-order valence-corrected chi connectivity index (χ2v) is 3.12. The predicted octanol–water partition coefficient (Wildman–Crippen LogP) is 0.0728. The van der Waals surface area contributed by atoms with E-state index in [-0.39, 0.29) is 18.2 Å². The number of ether oxygens (including phenoxy) is 1. The number of rotatable bonds is 0. The van der Waals surface area contributed by atoms with Gasteiger partial charge in [-0.3, -0.25) is 4.79 Å². The number of aliphatic hydroxyl groups excluding tert-OH is 1. The fourth-order valence-corrected chi connectivity index (χ4v) is 1.85. The molecule has 0 aromatic carbocycles. The molecule has 0 aromatic heterocycles. The topological polar surface area (TPSA) is 46.5 Å². The lowest BCUT2D eigenvalue weighted by Gasteiger charge is -2.03. The molecule has 3 atom stereocenters. The van der Waals surface area contributed by atoms with Crippen molar-refractivity contribution in [3.05, 3.63) is 0 Å². The quantitative estimate of drug-likeness (QED) is 0.487. The molecule has 56 valence electrons. The van der Waals surface area contributed by atoms with Gasteiger partial charge in [-0.1, -0.05) is 0 Å². The minimum absolute atomic E-state index is 0.0301. The van der Waals surface area contributed by atoms with Gasteiger partial charge in [0.25, 0.3) is 0 Å². The number of aliphatic hydroxyl groups is 1. The molecule has 10 heavy (non-hydrogen) atoms. The fraction of sp³-hybridized carbons (Fsp3) is 0.857. The van der Waals surface area contributed by atoms with E-state index in [1.807, 2.05) is 0 Å². The highest BCUT2D eigenvalue weighted by molar-refractivity contribution is 5.72. The molecule has 0 radical (unpaired) electrons. The lowest BCUT2D eigenvalue weighted by atomic mass is 10.1. The molecule has 0 unspecified atom stereocenters. The molecule has 1 aliphatic carbocycles. The Hall–Kier alpha value is -0.570. The first-order valence-corrected chi connectivity index (χ1v) is 3.63. The smallest absolute Gasteiger partial charge is 0.306 e. The van der Waals surface area contributed by atoms with Gasteiger partial charge in [0, 0.05) is 12.3 Å². The molecule has 0 amide bonds. The van der Waals surface area contributed by atoms with Gasteiger partial charge in [0.2, 0.25) is 0 Å². The summed E-state index contributed by atoms with van der Waals surface area (Å²) in [6.45, 7) is 0. The van der Waals surface area contributed by atoms with Crippen LogP contribution in [0.3, 0.4) is 0 Å². The van der Waals surface area contributed by atoms with Crippen LogP contribution in [0, 0.1) is 5.92 Å². The molecule has 0 aromatic rings. The van der Waals surface area contributed by atoms with E-state index in [2.05, 4.69) is 0 Å². The molecule has 2 aliphatic rings. The number of hydrogen-bond donors (Lipinski definition) is 1. The molecule has 2 fully saturated rings. The normalized spacial score (nSPS) is 45.3. The highest BCUT2D eigenvalue weighted by Crippen LogP contribution is 2.36. The third-order valence-electron chi connectivity index (χ3n) is 2.32. The van der Waals surface area contributed by atoms with Crippen LogP contribution in [-0.2, 0) is 9.53 Å². The number of fused-ring (bicyclic) bond motifs is 1. The van der Waals surface area contributed by atoms with Crippen LogP contribution in [0.5, 0.6) is 0 Å². The average Bonchev–Trinajstić information content (AvgIpc) is 2.21. The van der Waals surface area contributed by atoms with Crippen LogP contribution in [-0.4, -0.2) is 23.3 Å². The van der Waals surface area contributed by atoms with Crippen molar-refractivity contribution in [1.29, 1.82) is 0 Å². The summed E-state index contributed by atoms with van der Waals surface area (Å²) in [6, 6.07) is 0. The minimum Gasteiger partial charge on any atom is -0.462 e. The molecule has 1 saturated carbocycles. The summed E-state index contributed by atoms with van der Waals surface area (Å²) < 4.78 is 4.96. The summed E-state index contributed by atoms with van der Waals surface area (Å²) in [5.74, 6) is 0.212. The predicted molar refractivity (Wildman–Crippen MR) is 33.2 cm³/mol. The molecule has 1 aliphatic heterocycles. The average molecular weight is 142 g/mol. The second kappa shape index (κ2) is 1.95. The van der Waals surface area contributed by atoms with Gasteiger partial charge in [-0.2, -0.15) is 0 Å². The molecular weight excluding hydrogens is 132 g/mol. The van der Waals surface area contributed by atoms with Crippen LogP contribution < -0.4 is 0 Å². The van der Waals surface area contributed by atoms with E-state index in [1.165, 1.54) is 0 Å². The van der Waals surface area contributed by atoms with E-state index in [1.54, 1.807) is 0 Å². The summed E-state index contributed by atoms with van der Waals surface area (Å²) in [5.41, 5.74) is 0. The zero-order chi connectivity index (χ0) is 7.14. The summed E-state index contributed by atoms with van der Waals surface area (Å²) in [5, 5.41) is 9.13. The molecule has 2 rings (SSSR count). The maximum Gasteiger partial charge on any atom is 0.306 e. The Balaban J connectivity index is 2.06. The molecule has 3 heteroatoms. The van der Waals surface area contributed by atoms with Crippen molar-refractivity contribution >= 4 is 5.97 Å². The fourth-order valence-electron chi connectivity index (χ4n) is 1.85. The second-order valence-electron chi connectivity index (χ2n) is 3.12. The van der Waals surface area contributed by atoms with Crippen LogP contribution in [0.2, 0.25) is 0 Å². The SMILES string of the molecule is O=C1C[C@@H]2C[C@H](O)C[C@@H]2O1. The largest absolute Gasteiger partial charge is 0.462 e. The van der Waals surface area contributed by atoms with E-state index >= 15 is 0 Å². The Morgan fingerprint density at radius 1 is 1.50 bits per heavy atom. The lowest BCUT2D eigenvalue weighted by Crippen LogP contribution is -2.09. The minimum atomic E-state index is -0.233. The van der Waals surface area contributed by atoms with Crippen molar-refractivity contribution < 1.29 is 14.6 Å². The van der Waals surface area contributed by atoms with Gasteiger partial charge in [0.05, 0.1) is 12.5 Å². The summed E-state index contributed by atoms with van der Waals surface area (Å²) in [4.78, 5) is 10.7. The van der Waals surface area contributed by atoms with Crippen LogP contribution in [0.25, 0.3) is 0 Å². The Kier molecular flexibility index (Phi) is 1.20. The van der Waals surface area contributed by atoms with Gasteiger partial charge in [0.1, 0.15) is 6.10 Å². The third-order valence-corrected chi connectivity index (χ3v) is 2.32. The number of hydrogen-bond acceptors (Lipinski definition) is 3. The Labute approximate surface area is 59.0 Å². The Morgan fingerprint density at radius 3 is 3.00 bits per heavy atom. The van der Waals surface area contributed by atoms with Crippen LogP contribution >= 0.6 is 0 Å².